The Hall–Kier alpha value is -2.32. The number of nitrogens with zero attached hydrogens (tertiary/aromatic N) is 2. The van der Waals surface area contributed by atoms with Gasteiger partial charge in [-0.25, -0.2) is 4.68 Å². The van der Waals surface area contributed by atoms with Gasteiger partial charge < -0.3 is 4.72 Å². The number of anilines is 1. The molecule has 0 atom stereocenters. The van der Waals surface area contributed by atoms with Crippen LogP contribution in [0.4, 0.5) is 18.9 Å². The van der Waals surface area contributed by atoms with Crippen molar-refractivity contribution in [3.63, 3.8) is 0 Å². The zero-order chi connectivity index (χ0) is 20.5. The number of aromatic nitrogens is 2. The zero-order valence-electron chi connectivity index (χ0n) is 15.0. The van der Waals surface area contributed by atoms with E-state index in [-0.39, 0.29) is 5.69 Å². The minimum atomic E-state index is -4.48. The van der Waals surface area contributed by atoms with E-state index in [1.807, 2.05) is 18.2 Å². The van der Waals surface area contributed by atoms with Crippen molar-refractivity contribution < 1.29 is 13.2 Å². The van der Waals surface area contributed by atoms with Crippen molar-refractivity contribution in [2.75, 3.05) is 4.72 Å². The molecule has 148 valence electrons. The Kier molecular flexibility index (Phi) is 5.81. The summed E-state index contributed by atoms with van der Waals surface area (Å²) in [5, 5.41) is 0.628. The highest BCUT2D eigenvalue weighted by Gasteiger charge is 2.31. The van der Waals surface area contributed by atoms with Crippen LogP contribution in [0.15, 0.2) is 53.3 Å². The van der Waals surface area contributed by atoms with E-state index in [0.717, 1.165) is 17.7 Å². The number of alkyl halides is 3. The Morgan fingerprint density at radius 1 is 1.14 bits per heavy atom. The molecule has 0 aliphatic carbocycles. The fourth-order valence-electron chi connectivity index (χ4n) is 2.73. The minimum absolute atomic E-state index is 0.148. The van der Waals surface area contributed by atoms with Gasteiger partial charge in [-0.2, -0.15) is 13.2 Å². The molecule has 0 saturated carbocycles. The molecule has 3 aromatic rings. The maximum absolute atomic E-state index is 13.0. The van der Waals surface area contributed by atoms with Gasteiger partial charge >= 0.3 is 6.18 Å². The molecular formula is C19H17ClF3N3OS. The zero-order valence-corrected chi connectivity index (χ0v) is 16.6. The highest BCUT2D eigenvalue weighted by Crippen LogP contribution is 2.30. The largest absolute Gasteiger partial charge is 0.416 e. The predicted molar refractivity (Wildman–Crippen MR) is 107 cm³/mol. The molecular weight excluding hydrogens is 411 g/mol. The first kappa shape index (κ1) is 20.4. The minimum Gasteiger partial charge on any atom is -0.323 e. The number of nitrogens with one attached hydrogen (secondary N) is 1. The van der Waals surface area contributed by atoms with Gasteiger partial charge in [0.05, 0.1) is 16.9 Å². The van der Waals surface area contributed by atoms with E-state index in [9.17, 15) is 18.0 Å². The van der Waals surface area contributed by atoms with Crippen molar-refractivity contribution in [3.05, 3.63) is 80.7 Å². The number of rotatable bonds is 5. The van der Waals surface area contributed by atoms with Crippen molar-refractivity contribution in [1.29, 1.82) is 0 Å². The Morgan fingerprint density at radius 2 is 1.86 bits per heavy atom. The highest BCUT2D eigenvalue weighted by molar-refractivity contribution is 7.99. The second-order valence-electron chi connectivity index (χ2n) is 6.13. The Balaban J connectivity index is 1.88. The fraction of sp³-hybridized carbons (Fsp3) is 0.211. The van der Waals surface area contributed by atoms with Gasteiger partial charge in [-0.15, -0.1) is 0 Å². The van der Waals surface area contributed by atoms with Crippen LogP contribution >= 0.6 is 23.5 Å². The Bertz CT molecular complexity index is 1060. The van der Waals surface area contributed by atoms with Crippen molar-refractivity contribution >= 4 is 29.2 Å². The molecule has 3 rings (SSSR count). The standard InChI is InChI=1S/C19H17ClF3N3OS/c1-12-17(24-28-11-13-6-3-4-9-16(13)20)18(27)26(25(12)2)15-8-5-7-14(10-15)19(21,22)23/h3-10,24H,11H2,1-2H3. The maximum Gasteiger partial charge on any atom is 0.416 e. The molecule has 0 amide bonds. The van der Waals surface area contributed by atoms with Crippen LogP contribution < -0.4 is 10.3 Å². The van der Waals surface area contributed by atoms with Gasteiger partial charge in [-0.05, 0) is 48.7 Å². The van der Waals surface area contributed by atoms with E-state index >= 15 is 0 Å². The lowest BCUT2D eigenvalue weighted by Crippen LogP contribution is -2.21. The fourth-order valence-corrected chi connectivity index (χ4v) is 3.87. The average molecular weight is 428 g/mol. The first-order valence-corrected chi connectivity index (χ1v) is 9.64. The van der Waals surface area contributed by atoms with Gasteiger partial charge in [0.15, 0.2) is 0 Å². The summed E-state index contributed by atoms with van der Waals surface area (Å²) in [6, 6.07) is 12.1. The number of hydrogen-bond donors (Lipinski definition) is 1. The van der Waals surface area contributed by atoms with E-state index in [4.69, 9.17) is 11.6 Å². The molecule has 0 bridgehead atoms. The Labute approximate surface area is 169 Å². The summed E-state index contributed by atoms with van der Waals surface area (Å²) < 4.78 is 44.8. The first-order valence-electron chi connectivity index (χ1n) is 8.27. The second-order valence-corrected chi connectivity index (χ2v) is 7.32. The average Bonchev–Trinajstić information content (AvgIpc) is 2.86. The SMILES string of the molecule is Cc1c(NSCc2ccccc2Cl)c(=O)n(-c2cccc(C(F)(F)F)c2)n1C. The van der Waals surface area contributed by atoms with Gasteiger partial charge in [-0.1, -0.05) is 35.9 Å². The number of halogens is 4. The van der Waals surface area contributed by atoms with Crippen LogP contribution in [-0.4, -0.2) is 9.36 Å². The summed E-state index contributed by atoms with van der Waals surface area (Å²) in [5.41, 5.74) is 0.749. The van der Waals surface area contributed by atoms with Gasteiger partial charge in [0.2, 0.25) is 0 Å². The summed E-state index contributed by atoms with van der Waals surface area (Å²) in [5.74, 6) is 0.525. The van der Waals surface area contributed by atoms with Gasteiger partial charge in [0.1, 0.15) is 5.69 Å². The maximum atomic E-state index is 13.0. The lowest BCUT2D eigenvalue weighted by atomic mass is 10.2. The van der Waals surface area contributed by atoms with Crippen molar-refractivity contribution in [1.82, 2.24) is 9.36 Å². The van der Waals surface area contributed by atoms with Crippen LogP contribution in [-0.2, 0) is 19.0 Å². The molecule has 1 aromatic heterocycles. The molecule has 0 aliphatic heterocycles. The highest BCUT2D eigenvalue weighted by atomic mass is 35.5. The summed E-state index contributed by atoms with van der Waals surface area (Å²) >= 11 is 7.41. The molecule has 0 saturated heterocycles. The van der Waals surface area contributed by atoms with Crippen molar-refractivity contribution in [3.8, 4) is 5.69 Å². The molecule has 0 radical (unpaired) electrons. The van der Waals surface area contributed by atoms with E-state index in [2.05, 4.69) is 4.72 Å². The lowest BCUT2D eigenvalue weighted by molar-refractivity contribution is -0.137. The molecule has 0 aliphatic rings. The van der Waals surface area contributed by atoms with Crippen LogP contribution in [0.1, 0.15) is 16.8 Å². The molecule has 0 unspecified atom stereocenters. The molecule has 9 heteroatoms. The monoisotopic (exact) mass is 427 g/mol. The lowest BCUT2D eigenvalue weighted by Gasteiger charge is -2.11. The summed E-state index contributed by atoms with van der Waals surface area (Å²) in [7, 11) is 1.63. The number of benzene rings is 2. The summed E-state index contributed by atoms with van der Waals surface area (Å²) in [6.45, 7) is 1.73. The third-order valence-corrected chi connectivity index (χ3v) is 5.50. The Morgan fingerprint density at radius 3 is 2.54 bits per heavy atom. The molecule has 0 spiro atoms. The van der Waals surface area contributed by atoms with E-state index in [1.165, 1.54) is 33.4 Å². The summed E-state index contributed by atoms with van der Waals surface area (Å²) in [6.07, 6.45) is -4.48. The van der Waals surface area contributed by atoms with Crippen molar-refractivity contribution in [2.24, 2.45) is 7.05 Å². The molecule has 0 fully saturated rings. The van der Waals surface area contributed by atoms with E-state index in [0.29, 0.717) is 22.2 Å². The third kappa shape index (κ3) is 4.07. The van der Waals surface area contributed by atoms with Crippen LogP contribution in [0.5, 0.6) is 0 Å². The van der Waals surface area contributed by atoms with Crippen LogP contribution in [0, 0.1) is 6.92 Å². The van der Waals surface area contributed by atoms with Crippen molar-refractivity contribution in [2.45, 2.75) is 18.9 Å². The molecule has 4 nitrogen and oxygen atoms in total. The van der Waals surface area contributed by atoms with Gasteiger partial charge in [0.25, 0.3) is 5.56 Å². The number of hydrogen-bond acceptors (Lipinski definition) is 3. The third-order valence-electron chi connectivity index (χ3n) is 4.33. The first-order chi connectivity index (χ1) is 13.2. The molecule has 28 heavy (non-hydrogen) atoms. The summed E-state index contributed by atoms with van der Waals surface area (Å²) in [4.78, 5) is 12.8. The normalized spacial score (nSPS) is 11.6. The molecule has 2 aromatic carbocycles. The molecule has 1 heterocycles. The van der Waals surface area contributed by atoms with Crippen LogP contribution in [0.2, 0.25) is 5.02 Å². The van der Waals surface area contributed by atoms with E-state index < -0.39 is 17.3 Å². The quantitative estimate of drug-likeness (QED) is 0.553. The van der Waals surface area contributed by atoms with Crippen LogP contribution in [0.25, 0.3) is 5.69 Å². The van der Waals surface area contributed by atoms with E-state index in [1.54, 1.807) is 20.0 Å². The van der Waals surface area contributed by atoms with Gasteiger partial charge in [-0.3, -0.25) is 9.48 Å². The van der Waals surface area contributed by atoms with Gasteiger partial charge in [0, 0.05) is 17.8 Å². The van der Waals surface area contributed by atoms with Crippen LogP contribution in [0.3, 0.4) is 0 Å². The topological polar surface area (TPSA) is 39.0 Å². The smallest absolute Gasteiger partial charge is 0.323 e. The molecule has 1 N–H and O–H groups in total. The predicted octanol–water partition coefficient (Wildman–Crippen LogP) is 5.42. The second kappa shape index (κ2) is 7.97.